The number of aliphatic hydroxyl groups is 1. The number of hydrogen-bond donors (Lipinski definition) is 1. The highest BCUT2D eigenvalue weighted by Gasteiger charge is 2.22. The van der Waals surface area contributed by atoms with Crippen LogP contribution < -0.4 is 0 Å². The number of fused-ring (bicyclic) bond motifs is 1. The van der Waals surface area contributed by atoms with E-state index in [4.69, 9.17) is 5.11 Å². The minimum Gasteiger partial charge on any atom is -0.387 e. The van der Waals surface area contributed by atoms with Crippen LogP contribution in [0, 0.1) is 0 Å². The molecule has 0 aliphatic carbocycles. The highest BCUT2D eigenvalue weighted by molar-refractivity contribution is 5.96. The van der Waals surface area contributed by atoms with Crippen LogP contribution in [-0.4, -0.2) is 59.5 Å². The smallest absolute Gasteiger partial charge is 0.248 e. The van der Waals surface area contributed by atoms with E-state index in [0.717, 1.165) is 16.3 Å². The first-order chi connectivity index (χ1) is 11.7. The summed E-state index contributed by atoms with van der Waals surface area (Å²) in [6.45, 7) is 1.43. The fraction of sp³-hybridized carbons (Fsp3) is 0.263. The zero-order valence-electron chi connectivity index (χ0n) is 13.4. The lowest BCUT2D eigenvalue weighted by molar-refractivity contribution is -0.139. The average Bonchev–Trinajstić information content (AvgIpc) is 2.65. The molecule has 24 heavy (non-hydrogen) atoms. The van der Waals surface area contributed by atoms with Crippen LogP contribution in [0.2, 0.25) is 0 Å². The Morgan fingerprint density at radius 3 is 2.38 bits per heavy atom. The van der Waals surface area contributed by atoms with Gasteiger partial charge in [-0.2, -0.15) is 0 Å². The Balaban J connectivity index is 1.67. The van der Waals surface area contributed by atoms with Gasteiger partial charge in [0.25, 0.3) is 0 Å². The van der Waals surface area contributed by atoms with Gasteiger partial charge in [0.15, 0.2) is 0 Å². The Hall–Kier alpha value is -2.66. The number of nitrogens with zero attached hydrogens (tertiary/aromatic N) is 2. The zero-order valence-corrected chi connectivity index (χ0v) is 13.4. The summed E-state index contributed by atoms with van der Waals surface area (Å²) >= 11 is 0. The lowest BCUT2D eigenvalue weighted by Gasteiger charge is -2.33. The summed E-state index contributed by atoms with van der Waals surface area (Å²) in [6.07, 6.45) is 3.43. The Labute approximate surface area is 140 Å². The standard InChI is InChI=1S/C19H20N2O3/c22-14-19(24)21-12-10-20(11-13-21)18(23)9-8-16-6-3-5-15-4-1-2-7-17(15)16/h1-9,22H,10-14H2/b9-8+. The normalized spacial score (nSPS) is 15.2. The molecule has 2 aromatic rings. The van der Waals surface area contributed by atoms with Crippen molar-refractivity contribution in [3.8, 4) is 0 Å². The number of carbonyl (C=O) groups is 2. The zero-order chi connectivity index (χ0) is 16.9. The predicted molar refractivity (Wildman–Crippen MR) is 93.2 cm³/mol. The molecule has 1 fully saturated rings. The fourth-order valence-electron chi connectivity index (χ4n) is 2.94. The van der Waals surface area contributed by atoms with Gasteiger partial charge in [0.05, 0.1) is 0 Å². The summed E-state index contributed by atoms with van der Waals surface area (Å²) in [7, 11) is 0. The maximum absolute atomic E-state index is 12.3. The van der Waals surface area contributed by atoms with E-state index in [0.29, 0.717) is 26.2 Å². The van der Waals surface area contributed by atoms with Crippen LogP contribution >= 0.6 is 0 Å². The number of hydrogen-bond acceptors (Lipinski definition) is 3. The summed E-state index contributed by atoms with van der Waals surface area (Å²) < 4.78 is 0. The molecule has 0 radical (unpaired) electrons. The van der Waals surface area contributed by atoms with Crippen molar-refractivity contribution in [3.05, 3.63) is 54.1 Å². The van der Waals surface area contributed by atoms with Crippen LogP contribution in [0.1, 0.15) is 5.56 Å². The van der Waals surface area contributed by atoms with Crippen LogP contribution in [0.5, 0.6) is 0 Å². The van der Waals surface area contributed by atoms with E-state index in [1.807, 2.05) is 48.5 Å². The Morgan fingerprint density at radius 2 is 1.62 bits per heavy atom. The summed E-state index contributed by atoms with van der Waals surface area (Å²) in [5.74, 6) is -0.340. The molecule has 124 valence electrons. The van der Waals surface area contributed by atoms with Gasteiger partial charge in [-0.05, 0) is 22.4 Å². The van der Waals surface area contributed by atoms with Gasteiger partial charge in [-0.25, -0.2) is 0 Å². The van der Waals surface area contributed by atoms with Crippen LogP contribution in [-0.2, 0) is 9.59 Å². The monoisotopic (exact) mass is 324 g/mol. The van der Waals surface area contributed by atoms with Gasteiger partial charge < -0.3 is 14.9 Å². The lowest BCUT2D eigenvalue weighted by Crippen LogP contribution is -2.50. The highest BCUT2D eigenvalue weighted by atomic mass is 16.3. The number of rotatable bonds is 3. The molecule has 5 nitrogen and oxygen atoms in total. The van der Waals surface area contributed by atoms with Gasteiger partial charge in [-0.1, -0.05) is 42.5 Å². The minimum absolute atomic E-state index is 0.0565. The second kappa shape index (κ2) is 7.27. The van der Waals surface area contributed by atoms with Crippen molar-refractivity contribution in [2.75, 3.05) is 32.8 Å². The molecule has 3 rings (SSSR count). The fourth-order valence-corrected chi connectivity index (χ4v) is 2.94. The van der Waals surface area contributed by atoms with Gasteiger partial charge in [-0.3, -0.25) is 9.59 Å². The molecule has 0 aromatic heterocycles. The lowest BCUT2D eigenvalue weighted by atomic mass is 10.0. The number of amides is 2. The SMILES string of the molecule is O=C(/C=C/c1cccc2ccccc12)N1CCN(C(=O)CO)CC1. The van der Waals surface area contributed by atoms with Crippen molar-refractivity contribution >= 4 is 28.7 Å². The third-order valence-electron chi connectivity index (χ3n) is 4.31. The molecular formula is C19H20N2O3. The van der Waals surface area contributed by atoms with Crippen molar-refractivity contribution in [2.24, 2.45) is 0 Å². The van der Waals surface area contributed by atoms with Gasteiger partial charge >= 0.3 is 0 Å². The van der Waals surface area contributed by atoms with Gasteiger partial charge in [-0.15, -0.1) is 0 Å². The first-order valence-corrected chi connectivity index (χ1v) is 8.02. The molecule has 5 heteroatoms. The van der Waals surface area contributed by atoms with Crippen LogP contribution in [0.25, 0.3) is 16.8 Å². The molecule has 1 saturated heterocycles. The molecule has 1 heterocycles. The van der Waals surface area contributed by atoms with Gasteiger partial charge in [0, 0.05) is 32.3 Å². The maximum Gasteiger partial charge on any atom is 0.248 e. The van der Waals surface area contributed by atoms with E-state index in [1.165, 1.54) is 0 Å². The number of benzene rings is 2. The first-order valence-electron chi connectivity index (χ1n) is 8.02. The highest BCUT2D eigenvalue weighted by Crippen LogP contribution is 2.19. The molecule has 0 saturated carbocycles. The molecule has 0 unspecified atom stereocenters. The van der Waals surface area contributed by atoms with Crippen molar-refractivity contribution in [1.82, 2.24) is 9.80 Å². The first kappa shape index (κ1) is 16.2. The third-order valence-corrected chi connectivity index (χ3v) is 4.31. The second-order valence-corrected chi connectivity index (χ2v) is 5.77. The molecule has 0 bridgehead atoms. The number of piperazine rings is 1. The molecular weight excluding hydrogens is 304 g/mol. The molecule has 0 atom stereocenters. The molecule has 0 spiro atoms. The van der Waals surface area contributed by atoms with E-state index in [-0.39, 0.29) is 11.8 Å². The summed E-state index contributed by atoms with van der Waals surface area (Å²) in [6, 6.07) is 14.1. The quantitative estimate of drug-likeness (QED) is 0.871. The minimum atomic E-state index is -0.477. The average molecular weight is 324 g/mol. The second-order valence-electron chi connectivity index (χ2n) is 5.77. The van der Waals surface area contributed by atoms with Gasteiger partial charge in [0.2, 0.25) is 11.8 Å². The van der Waals surface area contributed by atoms with Crippen LogP contribution in [0.3, 0.4) is 0 Å². The number of aliphatic hydroxyl groups excluding tert-OH is 1. The third kappa shape index (κ3) is 3.46. The topological polar surface area (TPSA) is 60.9 Å². The molecule has 1 aliphatic heterocycles. The van der Waals surface area contributed by atoms with Crippen LogP contribution in [0.4, 0.5) is 0 Å². The molecule has 1 aliphatic rings. The molecule has 2 aromatic carbocycles. The van der Waals surface area contributed by atoms with Crippen molar-refractivity contribution < 1.29 is 14.7 Å². The van der Waals surface area contributed by atoms with E-state index < -0.39 is 6.61 Å². The summed E-state index contributed by atoms with van der Waals surface area (Å²) in [5, 5.41) is 11.1. The Bertz CT molecular complexity index is 772. The summed E-state index contributed by atoms with van der Waals surface area (Å²) in [5.41, 5.74) is 1.01. The summed E-state index contributed by atoms with van der Waals surface area (Å²) in [4.78, 5) is 27.1. The van der Waals surface area contributed by atoms with Crippen LogP contribution in [0.15, 0.2) is 48.5 Å². The largest absolute Gasteiger partial charge is 0.387 e. The maximum atomic E-state index is 12.3. The van der Waals surface area contributed by atoms with E-state index in [9.17, 15) is 9.59 Å². The predicted octanol–water partition coefficient (Wildman–Crippen LogP) is 1.52. The molecule has 1 N–H and O–H groups in total. The number of carbonyl (C=O) groups excluding carboxylic acids is 2. The van der Waals surface area contributed by atoms with E-state index >= 15 is 0 Å². The van der Waals surface area contributed by atoms with Crippen molar-refractivity contribution in [2.45, 2.75) is 0 Å². The van der Waals surface area contributed by atoms with E-state index in [2.05, 4.69) is 0 Å². The van der Waals surface area contributed by atoms with Gasteiger partial charge in [0.1, 0.15) is 6.61 Å². The Kier molecular flexibility index (Phi) is 4.91. The van der Waals surface area contributed by atoms with Crippen molar-refractivity contribution in [1.29, 1.82) is 0 Å². The van der Waals surface area contributed by atoms with Crippen molar-refractivity contribution in [3.63, 3.8) is 0 Å². The van der Waals surface area contributed by atoms with E-state index in [1.54, 1.807) is 15.9 Å². The molecule has 2 amide bonds. The Morgan fingerprint density at radius 1 is 0.958 bits per heavy atom.